The average molecular weight is 272 g/mol. The zero-order chi connectivity index (χ0) is 10.8. The van der Waals surface area contributed by atoms with E-state index < -0.39 is 0 Å². The molecule has 82 valence electrons. The molecular formula is C12H15BrFN. The normalized spacial score (nSPS) is 22.2. The molecule has 0 bridgehead atoms. The minimum atomic E-state index is -0.143. The highest BCUT2D eigenvalue weighted by Crippen LogP contribution is 2.20. The number of benzene rings is 1. The fourth-order valence-electron chi connectivity index (χ4n) is 2.01. The maximum Gasteiger partial charge on any atom is 0.123 e. The van der Waals surface area contributed by atoms with E-state index in [0.717, 1.165) is 25.2 Å². The standard InChI is InChI=1S/C12H15BrFN/c1-9-6-12(14)3-2-10(9)7-15-5-4-11(13)8-15/h2-3,6,11H,4-5,7-8H2,1H3. The second-order valence-electron chi connectivity index (χ2n) is 4.19. The molecule has 1 aliphatic rings. The summed E-state index contributed by atoms with van der Waals surface area (Å²) in [5.74, 6) is -0.143. The van der Waals surface area contributed by atoms with Gasteiger partial charge in [0.25, 0.3) is 0 Å². The Kier molecular flexibility index (Phi) is 3.42. The van der Waals surface area contributed by atoms with Crippen molar-refractivity contribution in [1.29, 1.82) is 0 Å². The third kappa shape index (κ3) is 2.79. The molecule has 1 fully saturated rings. The molecule has 0 aliphatic carbocycles. The summed E-state index contributed by atoms with van der Waals surface area (Å²) in [5, 5.41) is 0. The first-order valence-electron chi connectivity index (χ1n) is 5.26. The molecule has 2 rings (SSSR count). The minimum absolute atomic E-state index is 0.143. The van der Waals surface area contributed by atoms with Crippen LogP contribution in [0.3, 0.4) is 0 Å². The lowest BCUT2D eigenvalue weighted by molar-refractivity contribution is 0.332. The van der Waals surface area contributed by atoms with Crippen LogP contribution in [-0.2, 0) is 6.54 Å². The van der Waals surface area contributed by atoms with Crippen molar-refractivity contribution in [2.75, 3.05) is 13.1 Å². The van der Waals surface area contributed by atoms with E-state index in [2.05, 4.69) is 20.8 Å². The summed E-state index contributed by atoms with van der Waals surface area (Å²) in [6.45, 7) is 5.14. The molecular weight excluding hydrogens is 257 g/mol. The van der Waals surface area contributed by atoms with Crippen molar-refractivity contribution in [3.8, 4) is 0 Å². The fourth-order valence-corrected chi connectivity index (χ4v) is 2.62. The first kappa shape index (κ1) is 11.1. The van der Waals surface area contributed by atoms with Gasteiger partial charge in [0, 0.05) is 17.9 Å². The SMILES string of the molecule is Cc1cc(F)ccc1CN1CCC(Br)C1. The van der Waals surface area contributed by atoms with Crippen molar-refractivity contribution in [1.82, 2.24) is 4.90 Å². The van der Waals surface area contributed by atoms with Crippen LogP contribution >= 0.6 is 15.9 Å². The number of likely N-dealkylation sites (tertiary alicyclic amines) is 1. The highest BCUT2D eigenvalue weighted by atomic mass is 79.9. The zero-order valence-corrected chi connectivity index (χ0v) is 10.4. The van der Waals surface area contributed by atoms with Crippen LogP contribution in [0.5, 0.6) is 0 Å². The first-order valence-corrected chi connectivity index (χ1v) is 6.18. The van der Waals surface area contributed by atoms with Gasteiger partial charge in [-0.25, -0.2) is 4.39 Å². The molecule has 0 amide bonds. The predicted molar refractivity (Wildman–Crippen MR) is 63.7 cm³/mol. The molecule has 1 aromatic rings. The van der Waals surface area contributed by atoms with Crippen LogP contribution in [0.2, 0.25) is 0 Å². The highest BCUT2D eigenvalue weighted by Gasteiger charge is 2.20. The summed E-state index contributed by atoms with van der Waals surface area (Å²) in [4.78, 5) is 3.03. The lowest BCUT2D eigenvalue weighted by Crippen LogP contribution is -2.20. The van der Waals surface area contributed by atoms with Gasteiger partial charge in [0.1, 0.15) is 5.82 Å². The monoisotopic (exact) mass is 271 g/mol. The molecule has 1 aliphatic heterocycles. The van der Waals surface area contributed by atoms with Crippen molar-refractivity contribution in [3.05, 3.63) is 35.1 Å². The Morgan fingerprint density at radius 3 is 2.93 bits per heavy atom. The van der Waals surface area contributed by atoms with E-state index in [1.54, 1.807) is 12.1 Å². The molecule has 1 saturated heterocycles. The third-order valence-corrected chi connectivity index (χ3v) is 3.66. The molecule has 1 heterocycles. The van der Waals surface area contributed by atoms with Crippen LogP contribution in [0.25, 0.3) is 0 Å². The van der Waals surface area contributed by atoms with Gasteiger partial charge < -0.3 is 0 Å². The van der Waals surface area contributed by atoms with Gasteiger partial charge in [-0.05, 0) is 43.1 Å². The van der Waals surface area contributed by atoms with E-state index in [4.69, 9.17) is 0 Å². The number of rotatable bonds is 2. The maximum atomic E-state index is 12.9. The Hall–Kier alpha value is -0.410. The zero-order valence-electron chi connectivity index (χ0n) is 8.84. The average Bonchev–Trinajstić information content (AvgIpc) is 2.56. The molecule has 1 aromatic carbocycles. The Balaban J connectivity index is 2.04. The Bertz CT molecular complexity index is 353. The van der Waals surface area contributed by atoms with E-state index >= 15 is 0 Å². The summed E-state index contributed by atoms with van der Waals surface area (Å²) in [6, 6.07) is 5.05. The van der Waals surface area contributed by atoms with Gasteiger partial charge in [0.05, 0.1) is 0 Å². The number of nitrogens with zero attached hydrogens (tertiary/aromatic N) is 1. The predicted octanol–water partition coefficient (Wildman–Crippen LogP) is 3.10. The largest absolute Gasteiger partial charge is 0.298 e. The fraction of sp³-hybridized carbons (Fsp3) is 0.500. The van der Waals surface area contributed by atoms with Gasteiger partial charge in [0.2, 0.25) is 0 Å². The van der Waals surface area contributed by atoms with Gasteiger partial charge in [-0.2, -0.15) is 0 Å². The summed E-state index contributed by atoms with van der Waals surface area (Å²) >= 11 is 3.62. The van der Waals surface area contributed by atoms with Crippen molar-refractivity contribution >= 4 is 15.9 Å². The quantitative estimate of drug-likeness (QED) is 0.748. The molecule has 0 N–H and O–H groups in total. The van der Waals surface area contributed by atoms with Crippen LogP contribution in [0.15, 0.2) is 18.2 Å². The van der Waals surface area contributed by atoms with Crippen LogP contribution in [-0.4, -0.2) is 22.8 Å². The maximum absolute atomic E-state index is 12.9. The van der Waals surface area contributed by atoms with Gasteiger partial charge in [-0.15, -0.1) is 0 Å². The van der Waals surface area contributed by atoms with E-state index in [1.807, 2.05) is 13.0 Å². The van der Waals surface area contributed by atoms with E-state index in [1.165, 1.54) is 12.0 Å². The number of aryl methyl sites for hydroxylation is 1. The lowest BCUT2D eigenvalue weighted by Gasteiger charge is -2.16. The number of hydrogen-bond donors (Lipinski definition) is 0. The van der Waals surface area contributed by atoms with Gasteiger partial charge in [-0.3, -0.25) is 4.90 Å². The van der Waals surface area contributed by atoms with Crippen LogP contribution in [0.4, 0.5) is 4.39 Å². The van der Waals surface area contributed by atoms with Crippen molar-refractivity contribution in [2.24, 2.45) is 0 Å². The third-order valence-electron chi connectivity index (χ3n) is 2.91. The number of hydrogen-bond acceptors (Lipinski definition) is 1. The summed E-state index contributed by atoms with van der Waals surface area (Å²) in [7, 11) is 0. The summed E-state index contributed by atoms with van der Waals surface area (Å²) in [5.41, 5.74) is 2.28. The molecule has 1 unspecified atom stereocenters. The lowest BCUT2D eigenvalue weighted by atomic mass is 10.1. The first-order chi connectivity index (χ1) is 7.15. The smallest absolute Gasteiger partial charge is 0.123 e. The number of halogens is 2. The highest BCUT2D eigenvalue weighted by molar-refractivity contribution is 9.09. The van der Waals surface area contributed by atoms with Crippen LogP contribution in [0.1, 0.15) is 17.5 Å². The molecule has 15 heavy (non-hydrogen) atoms. The summed E-state index contributed by atoms with van der Waals surface area (Å²) in [6.07, 6.45) is 1.21. The second-order valence-corrected chi connectivity index (χ2v) is 5.49. The summed E-state index contributed by atoms with van der Waals surface area (Å²) < 4.78 is 12.9. The van der Waals surface area contributed by atoms with Crippen LogP contribution < -0.4 is 0 Å². The second kappa shape index (κ2) is 4.62. The molecule has 0 radical (unpaired) electrons. The molecule has 1 nitrogen and oxygen atoms in total. The van der Waals surface area contributed by atoms with Gasteiger partial charge in [0.15, 0.2) is 0 Å². The molecule has 0 spiro atoms. The number of alkyl halides is 1. The minimum Gasteiger partial charge on any atom is -0.298 e. The Morgan fingerprint density at radius 1 is 1.53 bits per heavy atom. The Labute approximate surface area is 98.4 Å². The van der Waals surface area contributed by atoms with Gasteiger partial charge in [-0.1, -0.05) is 22.0 Å². The topological polar surface area (TPSA) is 3.24 Å². The molecule has 3 heteroatoms. The molecule has 0 saturated carbocycles. The van der Waals surface area contributed by atoms with Crippen LogP contribution in [0, 0.1) is 12.7 Å². The van der Waals surface area contributed by atoms with E-state index in [0.29, 0.717) is 4.83 Å². The van der Waals surface area contributed by atoms with Crippen molar-refractivity contribution in [2.45, 2.75) is 24.7 Å². The molecule has 0 aromatic heterocycles. The van der Waals surface area contributed by atoms with Crippen molar-refractivity contribution < 1.29 is 4.39 Å². The van der Waals surface area contributed by atoms with E-state index in [-0.39, 0.29) is 5.82 Å². The molecule has 1 atom stereocenters. The van der Waals surface area contributed by atoms with E-state index in [9.17, 15) is 4.39 Å². The van der Waals surface area contributed by atoms with Crippen molar-refractivity contribution in [3.63, 3.8) is 0 Å². The Morgan fingerprint density at radius 2 is 2.33 bits per heavy atom. The van der Waals surface area contributed by atoms with Gasteiger partial charge >= 0.3 is 0 Å².